The maximum Gasteiger partial charge on any atom is 0.338 e. The number of benzene rings is 1. The number of ether oxygens (including phenoxy) is 2. The van der Waals surface area contributed by atoms with Gasteiger partial charge in [-0.05, 0) is 24.6 Å². The standard InChI is InChI=1S/C14H17NO3/c1-11(17-2)7-9-18-14(16)13-5-3-4-12(10-13)6-8-15/h3-5,10-11H,6-7,9H2,1-2H3/t11-/m1/s1. The van der Waals surface area contributed by atoms with Crippen molar-refractivity contribution < 1.29 is 14.3 Å². The third-order valence-corrected chi connectivity index (χ3v) is 2.61. The van der Waals surface area contributed by atoms with Crippen LogP contribution in [0.2, 0.25) is 0 Å². The van der Waals surface area contributed by atoms with Crippen molar-refractivity contribution in [3.05, 3.63) is 35.4 Å². The molecule has 0 radical (unpaired) electrons. The second kappa shape index (κ2) is 7.46. The molecule has 0 spiro atoms. The summed E-state index contributed by atoms with van der Waals surface area (Å²) in [7, 11) is 1.62. The van der Waals surface area contributed by atoms with Gasteiger partial charge in [0.05, 0.1) is 30.8 Å². The van der Waals surface area contributed by atoms with E-state index in [9.17, 15) is 4.79 Å². The third-order valence-electron chi connectivity index (χ3n) is 2.61. The molecule has 96 valence electrons. The molecule has 0 fully saturated rings. The first-order chi connectivity index (χ1) is 8.67. The fourth-order valence-electron chi connectivity index (χ4n) is 1.42. The highest BCUT2D eigenvalue weighted by atomic mass is 16.5. The predicted octanol–water partition coefficient (Wildman–Crippen LogP) is 2.33. The second-order valence-corrected chi connectivity index (χ2v) is 4.01. The molecule has 1 aromatic carbocycles. The minimum Gasteiger partial charge on any atom is -0.462 e. The molecular formula is C14H17NO3. The minimum absolute atomic E-state index is 0.0720. The van der Waals surface area contributed by atoms with Gasteiger partial charge in [0.15, 0.2) is 0 Å². The summed E-state index contributed by atoms with van der Waals surface area (Å²) in [6.07, 6.45) is 1.03. The number of carbonyl (C=O) groups excluding carboxylic acids is 1. The molecule has 0 aliphatic heterocycles. The van der Waals surface area contributed by atoms with Crippen LogP contribution in [0.3, 0.4) is 0 Å². The largest absolute Gasteiger partial charge is 0.462 e. The molecule has 18 heavy (non-hydrogen) atoms. The van der Waals surface area contributed by atoms with Crippen LogP contribution in [0.25, 0.3) is 0 Å². The maximum absolute atomic E-state index is 11.7. The van der Waals surface area contributed by atoms with Crippen LogP contribution < -0.4 is 0 Å². The zero-order valence-corrected chi connectivity index (χ0v) is 10.7. The Balaban J connectivity index is 2.51. The molecule has 1 rings (SSSR count). The van der Waals surface area contributed by atoms with Crippen LogP contribution in [0.5, 0.6) is 0 Å². The van der Waals surface area contributed by atoms with Crippen LogP contribution in [0.4, 0.5) is 0 Å². The van der Waals surface area contributed by atoms with Crippen LogP contribution in [-0.2, 0) is 15.9 Å². The molecule has 0 aliphatic carbocycles. The van der Waals surface area contributed by atoms with Crippen molar-refractivity contribution in [2.75, 3.05) is 13.7 Å². The fourth-order valence-corrected chi connectivity index (χ4v) is 1.42. The molecule has 0 unspecified atom stereocenters. The summed E-state index contributed by atoms with van der Waals surface area (Å²) in [5.74, 6) is -0.363. The van der Waals surface area contributed by atoms with Gasteiger partial charge in [-0.15, -0.1) is 0 Å². The highest BCUT2D eigenvalue weighted by Gasteiger charge is 2.08. The van der Waals surface area contributed by atoms with Gasteiger partial charge in [-0.2, -0.15) is 5.26 Å². The average molecular weight is 247 g/mol. The SMILES string of the molecule is CO[C@H](C)CCOC(=O)c1cccc(CC#N)c1. The van der Waals surface area contributed by atoms with Crippen molar-refractivity contribution >= 4 is 5.97 Å². The summed E-state index contributed by atoms with van der Waals surface area (Å²) in [6.45, 7) is 2.25. The Morgan fingerprint density at radius 2 is 2.28 bits per heavy atom. The lowest BCUT2D eigenvalue weighted by molar-refractivity contribution is 0.0391. The van der Waals surface area contributed by atoms with Crippen LogP contribution in [-0.4, -0.2) is 25.8 Å². The number of methoxy groups -OCH3 is 1. The van der Waals surface area contributed by atoms with Gasteiger partial charge in [-0.1, -0.05) is 12.1 Å². The number of nitrogens with zero attached hydrogens (tertiary/aromatic N) is 1. The topological polar surface area (TPSA) is 59.3 Å². The molecule has 0 saturated heterocycles. The second-order valence-electron chi connectivity index (χ2n) is 4.01. The lowest BCUT2D eigenvalue weighted by Crippen LogP contribution is -2.12. The van der Waals surface area contributed by atoms with Crippen molar-refractivity contribution in [2.24, 2.45) is 0 Å². The van der Waals surface area contributed by atoms with Gasteiger partial charge in [0, 0.05) is 13.5 Å². The van der Waals surface area contributed by atoms with E-state index in [1.165, 1.54) is 0 Å². The van der Waals surface area contributed by atoms with Crippen LogP contribution >= 0.6 is 0 Å². The minimum atomic E-state index is -0.363. The zero-order chi connectivity index (χ0) is 13.4. The van der Waals surface area contributed by atoms with E-state index >= 15 is 0 Å². The summed E-state index contributed by atoms with van der Waals surface area (Å²) >= 11 is 0. The van der Waals surface area contributed by atoms with Gasteiger partial charge < -0.3 is 9.47 Å². The molecule has 0 aliphatic rings. The van der Waals surface area contributed by atoms with E-state index in [2.05, 4.69) is 0 Å². The van der Waals surface area contributed by atoms with E-state index in [-0.39, 0.29) is 12.1 Å². The van der Waals surface area contributed by atoms with Gasteiger partial charge >= 0.3 is 5.97 Å². The van der Waals surface area contributed by atoms with Gasteiger partial charge in [-0.3, -0.25) is 0 Å². The van der Waals surface area contributed by atoms with E-state index in [0.717, 1.165) is 5.56 Å². The van der Waals surface area contributed by atoms with Crippen LogP contribution in [0.15, 0.2) is 24.3 Å². The zero-order valence-electron chi connectivity index (χ0n) is 10.7. The molecule has 0 N–H and O–H groups in total. The molecule has 0 bridgehead atoms. The van der Waals surface area contributed by atoms with Gasteiger partial charge in [0.1, 0.15) is 0 Å². The molecule has 1 atom stereocenters. The molecule has 0 aromatic heterocycles. The normalized spacial score (nSPS) is 11.6. The number of carbonyl (C=O) groups is 1. The first-order valence-corrected chi connectivity index (χ1v) is 5.83. The molecule has 4 heteroatoms. The molecule has 0 heterocycles. The van der Waals surface area contributed by atoms with Crippen molar-refractivity contribution in [3.8, 4) is 6.07 Å². The monoisotopic (exact) mass is 247 g/mol. The van der Waals surface area contributed by atoms with Crippen molar-refractivity contribution in [3.63, 3.8) is 0 Å². The summed E-state index contributed by atoms with van der Waals surface area (Å²) in [4.78, 5) is 11.7. The van der Waals surface area contributed by atoms with Gasteiger partial charge in [0.2, 0.25) is 0 Å². The Morgan fingerprint density at radius 1 is 1.50 bits per heavy atom. The lowest BCUT2D eigenvalue weighted by Gasteiger charge is -2.09. The van der Waals surface area contributed by atoms with Crippen LogP contribution in [0.1, 0.15) is 29.3 Å². The Morgan fingerprint density at radius 3 is 2.94 bits per heavy atom. The van der Waals surface area contributed by atoms with E-state index in [1.807, 2.05) is 19.1 Å². The van der Waals surface area contributed by atoms with Crippen molar-refractivity contribution in [1.82, 2.24) is 0 Å². The molecule has 1 aromatic rings. The Labute approximate surface area is 107 Å². The number of nitriles is 1. The molecule has 0 amide bonds. The Kier molecular flexibility index (Phi) is 5.89. The van der Waals surface area contributed by atoms with Crippen molar-refractivity contribution in [2.45, 2.75) is 25.9 Å². The van der Waals surface area contributed by atoms with Gasteiger partial charge in [-0.25, -0.2) is 4.79 Å². The number of rotatable bonds is 6. The highest BCUT2D eigenvalue weighted by Crippen LogP contribution is 2.08. The Bertz CT molecular complexity index is 437. The quantitative estimate of drug-likeness (QED) is 0.724. The highest BCUT2D eigenvalue weighted by molar-refractivity contribution is 5.89. The van der Waals surface area contributed by atoms with Gasteiger partial charge in [0.25, 0.3) is 0 Å². The Hall–Kier alpha value is -1.86. The number of hydrogen-bond acceptors (Lipinski definition) is 4. The summed E-state index contributed by atoms with van der Waals surface area (Å²) in [5, 5.41) is 8.60. The summed E-state index contributed by atoms with van der Waals surface area (Å²) in [6, 6.07) is 8.98. The number of esters is 1. The van der Waals surface area contributed by atoms with E-state index in [0.29, 0.717) is 25.0 Å². The van der Waals surface area contributed by atoms with E-state index in [1.54, 1.807) is 25.3 Å². The van der Waals surface area contributed by atoms with Crippen molar-refractivity contribution in [1.29, 1.82) is 5.26 Å². The lowest BCUT2D eigenvalue weighted by atomic mass is 10.1. The molecule has 0 saturated carbocycles. The predicted molar refractivity (Wildman–Crippen MR) is 67.1 cm³/mol. The average Bonchev–Trinajstić information content (AvgIpc) is 2.39. The smallest absolute Gasteiger partial charge is 0.338 e. The third kappa shape index (κ3) is 4.56. The summed E-state index contributed by atoms with van der Waals surface area (Å²) in [5.41, 5.74) is 1.30. The van der Waals surface area contributed by atoms with E-state index in [4.69, 9.17) is 14.7 Å². The van der Waals surface area contributed by atoms with Crippen LogP contribution in [0, 0.1) is 11.3 Å². The first-order valence-electron chi connectivity index (χ1n) is 5.83. The van der Waals surface area contributed by atoms with E-state index < -0.39 is 0 Å². The maximum atomic E-state index is 11.7. The molecular weight excluding hydrogens is 230 g/mol. The molecule has 4 nitrogen and oxygen atoms in total. The first kappa shape index (κ1) is 14.2. The fraction of sp³-hybridized carbons (Fsp3) is 0.429. The summed E-state index contributed by atoms with van der Waals surface area (Å²) < 4.78 is 10.2. The number of hydrogen-bond donors (Lipinski definition) is 0.